The third kappa shape index (κ3) is 5.39. The molecule has 0 unspecified atom stereocenters. The van der Waals surface area contributed by atoms with Gasteiger partial charge in [0.1, 0.15) is 12.7 Å². The summed E-state index contributed by atoms with van der Waals surface area (Å²) >= 11 is 0. The van der Waals surface area contributed by atoms with E-state index in [0.717, 1.165) is 5.69 Å². The van der Waals surface area contributed by atoms with Crippen LogP contribution in [0.1, 0.15) is 22.3 Å². The summed E-state index contributed by atoms with van der Waals surface area (Å²) in [6.45, 7) is 8.68. The number of rotatable bonds is 1. The van der Waals surface area contributed by atoms with Gasteiger partial charge in [0.25, 0.3) is 0 Å². The molecule has 6 heteroatoms. The first-order valence-electron chi connectivity index (χ1n) is 7.77. The van der Waals surface area contributed by atoms with Crippen molar-refractivity contribution in [3.05, 3.63) is 77.4 Å². The van der Waals surface area contributed by atoms with Crippen molar-refractivity contribution in [2.75, 3.05) is 0 Å². The van der Waals surface area contributed by atoms with Crippen LogP contribution in [0.15, 0.2) is 55.1 Å². The van der Waals surface area contributed by atoms with Crippen LogP contribution in [-0.2, 0) is 26.2 Å². The Morgan fingerprint density at radius 1 is 1.00 bits per heavy atom. The van der Waals surface area contributed by atoms with Crippen LogP contribution in [0.5, 0.6) is 0 Å². The minimum Gasteiger partial charge on any atom is -1.00 e. The molecule has 4 aromatic rings. The van der Waals surface area contributed by atoms with E-state index in [1.807, 2.05) is 16.7 Å². The molecule has 26 heavy (non-hydrogen) atoms. The van der Waals surface area contributed by atoms with Crippen molar-refractivity contribution in [2.24, 2.45) is 0 Å². The van der Waals surface area contributed by atoms with E-state index in [1.54, 1.807) is 12.7 Å². The molecule has 1 heterocycles. The molecule has 0 aliphatic rings. The molecular formula is C20H21Cl2N3Zr. The third-order valence-electron chi connectivity index (χ3n) is 4.50. The number of aromatic nitrogens is 3. The Kier molecular flexibility index (Phi) is 10.3. The van der Waals surface area contributed by atoms with E-state index in [9.17, 15) is 0 Å². The summed E-state index contributed by atoms with van der Waals surface area (Å²) in [5, 5.41) is 10.1. The number of halogens is 2. The van der Waals surface area contributed by atoms with Gasteiger partial charge >= 0.3 is 26.2 Å². The first-order chi connectivity index (χ1) is 11.1. The molecule has 0 radical (unpaired) electrons. The van der Waals surface area contributed by atoms with Crippen molar-refractivity contribution in [2.45, 2.75) is 27.7 Å². The summed E-state index contributed by atoms with van der Waals surface area (Å²) in [4.78, 5) is 0. The number of hydrogen-bond donors (Lipinski definition) is 0. The van der Waals surface area contributed by atoms with E-state index in [-0.39, 0.29) is 51.0 Å². The zero-order valence-electron chi connectivity index (χ0n) is 15.3. The Hall–Kier alpha value is -1.22. The van der Waals surface area contributed by atoms with Crippen LogP contribution in [0.2, 0.25) is 0 Å². The molecule has 0 N–H and O–H groups in total. The normalized spacial score (nSPS) is 9.38. The molecule has 4 rings (SSSR count). The molecule has 0 spiro atoms. The van der Waals surface area contributed by atoms with Gasteiger partial charge in [-0.25, -0.2) is 0 Å². The first kappa shape index (κ1) is 24.8. The third-order valence-corrected chi connectivity index (χ3v) is 4.50. The molecule has 1 aromatic heterocycles. The summed E-state index contributed by atoms with van der Waals surface area (Å²) < 4.78 is 1.90. The van der Waals surface area contributed by atoms with E-state index in [0.29, 0.717) is 0 Å². The van der Waals surface area contributed by atoms with Gasteiger partial charge < -0.3 is 29.4 Å². The van der Waals surface area contributed by atoms with Gasteiger partial charge in [-0.3, -0.25) is 0 Å². The smallest absolute Gasteiger partial charge is 1.00 e. The second kappa shape index (κ2) is 10.8. The van der Waals surface area contributed by atoms with Crippen LogP contribution >= 0.6 is 0 Å². The fourth-order valence-corrected chi connectivity index (χ4v) is 2.75. The Morgan fingerprint density at radius 3 is 2.08 bits per heavy atom. The summed E-state index contributed by atoms with van der Waals surface area (Å²) in [6, 6.07) is 14.8. The van der Waals surface area contributed by atoms with Crippen molar-refractivity contribution in [1.29, 1.82) is 0 Å². The van der Waals surface area contributed by atoms with E-state index >= 15 is 0 Å². The van der Waals surface area contributed by atoms with E-state index in [1.165, 1.54) is 33.0 Å². The molecule has 3 nitrogen and oxygen atoms in total. The molecule has 0 aliphatic heterocycles. The standard InChI is InChI=1S/C11H8N3.C9H13.2ClH.Zr/c1-2-4-10-6-11(5-9(10)3-1)14-7-12-13-8-14;1-6-5-7(2)9(4)8(6)3;;;/h1-8H;5H,1-4H3;2*1H;/q2*-1;;;+4/p-2. The maximum atomic E-state index is 3.78. The largest absolute Gasteiger partial charge is 4.00 e. The number of fused-ring (bicyclic) bond motifs is 1. The SMILES string of the molecule is Cc1c[c-](C)c(C)c1C.[Cl-].[Cl-].[Zr+4].c1ccc2[cH-]c(-n3cnnc3)cc2c1. The van der Waals surface area contributed by atoms with Gasteiger partial charge in [-0.1, -0.05) is 33.8 Å². The van der Waals surface area contributed by atoms with Crippen molar-refractivity contribution in [3.8, 4) is 5.69 Å². The minimum absolute atomic E-state index is 0. The van der Waals surface area contributed by atoms with Crippen LogP contribution in [0, 0.1) is 27.7 Å². The maximum Gasteiger partial charge on any atom is 4.00 e. The molecular weight excluding hydrogens is 444 g/mol. The van der Waals surface area contributed by atoms with Crippen LogP contribution in [0.4, 0.5) is 0 Å². The molecule has 0 saturated heterocycles. The number of aryl methyl sites for hydroxylation is 2. The van der Waals surface area contributed by atoms with Gasteiger partial charge in [0.2, 0.25) is 0 Å². The maximum absolute atomic E-state index is 3.78. The first-order valence-corrected chi connectivity index (χ1v) is 7.77. The van der Waals surface area contributed by atoms with Crippen molar-refractivity contribution < 1.29 is 51.0 Å². The average Bonchev–Trinajstić information content (AvgIpc) is 3.25. The molecule has 0 saturated carbocycles. The Balaban J connectivity index is 0.000000466. The fourth-order valence-electron chi connectivity index (χ4n) is 2.75. The van der Waals surface area contributed by atoms with Gasteiger partial charge in [0, 0.05) is 0 Å². The number of nitrogens with zero attached hydrogens (tertiary/aromatic N) is 3. The van der Waals surface area contributed by atoms with Crippen molar-refractivity contribution in [3.63, 3.8) is 0 Å². The van der Waals surface area contributed by atoms with Crippen molar-refractivity contribution >= 4 is 10.8 Å². The zero-order valence-corrected chi connectivity index (χ0v) is 19.3. The monoisotopic (exact) mass is 463 g/mol. The fraction of sp³-hybridized carbons (Fsp3) is 0.200. The van der Waals surface area contributed by atoms with Crippen LogP contribution in [0.25, 0.3) is 16.5 Å². The quantitative estimate of drug-likeness (QED) is 0.330. The minimum atomic E-state index is 0. The Labute approximate surface area is 186 Å². The van der Waals surface area contributed by atoms with Crippen LogP contribution < -0.4 is 24.8 Å². The second-order valence-electron chi connectivity index (χ2n) is 5.97. The molecule has 0 atom stereocenters. The van der Waals surface area contributed by atoms with E-state index in [2.05, 4.69) is 68.2 Å². The molecule has 3 aromatic carbocycles. The second-order valence-corrected chi connectivity index (χ2v) is 5.97. The number of hydrogen-bond acceptors (Lipinski definition) is 2. The van der Waals surface area contributed by atoms with Gasteiger partial charge in [0.05, 0.1) is 0 Å². The molecule has 0 bridgehead atoms. The van der Waals surface area contributed by atoms with Crippen LogP contribution in [0.3, 0.4) is 0 Å². The topological polar surface area (TPSA) is 30.7 Å². The predicted molar refractivity (Wildman–Crippen MR) is 95.4 cm³/mol. The van der Waals surface area contributed by atoms with Gasteiger partial charge in [-0.05, 0) is 5.69 Å². The summed E-state index contributed by atoms with van der Waals surface area (Å²) in [5.74, 6) is 0. The average molecular weight is 466 g/mol. The van der Waals surface area contributed by atoms with E-state index in [4.69, 9.17) is 0 Å². The van der Waals surface area contributed by atoms with E-state index < -0.39 is 0 Å². The predicted octanol–water partition coefficient (Wildman–Crippen LogP) is -1.22. The van der Waals surface area contributed by atoms with Gasteiger partial charge in [-0.15, -0.1) is 51.3 Å². The molecule has 0 aliphatic carbocycles. The molecule has 0 fully saturated rings. The van der Waals surface area contributed by atoms with Gasteiger partial charge in [-0.2, -0.15) is 28.3 Å². The molecule has 0 amide bonds. The molecule has 134 valence electrons. The summed E-state index contributed by atoms with van der Waals surface area (Å²) in [6.07, 6.45) is 3.41. The Morgan fingerprint density at radius 2 is 1.62 bits per heavy atom. The van der Waals surface area contributed by atoms with Crippen molar-refractivity contribution in [1.82, 2.24) is 14.8 Å². The van der Waals surface area contributed by atoms with Crippen LogP contribution in [-0.4, -0.2) is 14.8 Å². The summed E-state index contributed by atoms with van der Waals surface area (Å²) in [5.41, 5.74) is 6.85. The number of benzene rings is 1. The van der Waals surface area contributed by atoms with Gasteiger partial charge in [0.15, 0.2) is 0 Å². The Bertz CT molecular complexity index is 868. The zero-order chi connectivity index (χ0) is 16.4. The summed E-state index contributed by atoms with van der Waals surface area (Å²) in [7, 11) is 0.